The van der Waals surface area contributed by atoms with Gasteiger partial charge in [0.05, 0.1) is 0 Å². The summed E-state index contributed by atoms with van der Waals surface area (Å²) in [6.45, 7) is 8.85. The highest BCUT2D eigenvalue weighted by Gasteiger charge is 2.15. The first kappa shape index (κ1) is 10.3. The van der Waals surface area contributed by atoms with Gasteiger partial charge in [0.2, 0.25) is 0 Å². The number of aryl methyl sites for hydroxylation is 1. The standard InChI is InChI=1S/C11H20N2/c1-5-6-7-10-12-8-9-13(10)11(2,3)4/h8-9H,5-7H2,1-4H3. The summed E-state index contributed by atoms with van der Waals surface area (Å²) >= 11 is 0. The lowest BCUT2D eigenvalue weighted by molar-refractivity contribution is 0.381. The van der Waals surface area contributed by atoms with E-state index in [9.17, 15) is 0 Å². The molecule has 74 valence electrons. The van der Waals surface area contributed by atoms with Crippen LogP contribution in [0.25, 0.3) is 0 Å². The third kappa shape index (κ3) is 2.58. The van der Waals surface area contributed by atoms with E-state index in [0.29, 0.717) is 0 Å². The van der Waals surface area contributed by atoms with E-state index in [2.05, 4.69) is 43.4 Å². The van der Waals surface area contributed by atoms with E-state index in [4.69, 9.17) is 0 Å². The van der Waals surface area contributed by atoms with Gasteiger partial charge in [-0.25, -0.2) is 4.98 Å². The predicted molar refractivity (Wildman–Crippen MR) is 55.8 cm³/mol. The fraction of sp³-hybridized carbons (Fsp3) is 0.727. The second-order valence-electron chi connectivity index (χ2n) is 4.49. The van der Waals surface area contributed by atoms with E-state index >= 15 is 0 Å². The van der Waals surface area contributed by atoms with Crippen LogP contribution in [0.2, 0.25) is 0 Å². The first-order chi connectivity index (χ1) is 6.05. The van der Waals surface area contributed by atoms with Crippen molar-refractivity contribution in [2.75, 3.05) is 0 Å². The molecule has 2 nitrogen and oxygen atoms in total. The molecule has 1 aromatic heterocycles. The van der Waals surface area contributed by atoms with Gasteiger partial charge >= 0.3 is 0 Å². The van der Waals surface area contributed by atoms with Crippen LogP contribution in [-0.4, -0.2) is 9.55 Å². The molecule has 0 aliphatic rings. The van der Waals surface area contributed by atoms with Crippen molar-refractivity contribution in [3.63, 3.8) is 0 Å². The second-order valence-corrected chi connectivity index (χ2v) is 4.49. The van der Waals surface area contributed by atoms with Crippen LogP contribution in [0.1, 0.15) is 46.4 Å². The van der Waals surface area contributed by atoms with Gasteiger partial charge in [-0.1, -0.05) is 13.3 Å². The Hall–Kier alpha value is -0.790. The maximum Gasteiger partial charge on any atom is 0.109 e. The summed E-state index contributed by atoms with van der Waals surface area (Å²) in [5.41, 5.74) is 0.166. The zero-order valence-electron chi connectivity index (χ0n) is 9.17. The highest BCUT2D eigenvalue weighted by molar-refractivity contribution is 4.97. The molecule has 0 unspecified atom stereocenters. The molecule has 0 amide bonds. The molecule has 0 fully saturated rings. The van der Waals surface area contributed by atoms with E-state index in [0.717, 1.165) is 6.42 Å². The lowest BCUT2D eigenvalue weighted by Gasteiger charge is -2.23. The van der Waals surface area contributed by atoms with Crippen LogP contribution < -0.4 is 0 Å². The number of unbranched alkanes of at least 4 members (excludes halogenated alkanes) is 1. The van der Waals surface area contributed by atoms with Crippen molar-refractivity contribution >= 4 is 0 Å². The lowest BCUT2D eigenvalue weighted by Crippen LogP contribution is -2.23. The summed E-state index contributed by atoms with van der Waals surface area (Å²) in [4.78, 5) is 4.38. The largest absolute Gasteiger partial charge is 0.330 e. The smallest absolute Gasteiger partial charge is 0.109 e. The molecule has 2 heteroatoms. The Morgan fingerprint density at radius 2 is 2.08 bits per heavy atom. The van der Waals surface area contributed by atoms with Crippen LogP contribution in [0.3, 0.4) is 0 Å². The monoisotopic (exact) mass is 180 g/mol. The molecule has 0 aliphatic carbocycles. The van der Waals surface area contributed by atoms with Crippen LogP contribution in [0, 0.1) is 0 Å². The van der Waals surface area contributed by atoms with Gasteiger partial charge in [-0.2, -0.15) is 0 Å². The number of rotatable bonds is 3. The van der Waals surface area contributed by atoms with Crippen molar-refractivity contribution in [1.29, 1.82) is 0 Å². The predicted octanol–water partition coefficient (Wildman–Crippen LogP) is 2.98. The zero-order chi connectivity index (χ0) is 9.90. The third-order valence-corrected chi connectivity index (χ3v) is 2.19. The molecule has 0 saturated heterocycles. The second kappa shape index (κ2) is 3.95. The molecule has 0 radical (unpaired) electrons. The molecule has 0 spiro atoms. The first-order valence-corrected chi connectivity index (χ1v) is 5.08. The fourth-order valence-electron chi connectivity index (χ4n) is 1.46. The molecule has 0 atom stereocenters. The van der Waals surface area contributed by atoms with Gasteiger partial charge in [0.15, 0.2) is 0 Å². The first-order valence-electron chi connectivity index (χ1n) is 5.08. The summed E-state index contributed by atoms with van der Waals surface area (Å²) in [5.74, 6) is 1.22. The lowest BCUT2D eigenvalue weighted by atomic mass is 10.1. The third-order valence-electron chi connectivity index (χ3n) is 2.19. The Morgan fingerprint density at radius 1 is 1.38 bits per heavy atom. The van der Waals surface area contributed by atoms with Gasteiger partial charge in [-0.3, -0.25) is 0 Å². The van der Waals surface area contributed by atoms with E-state index in [1.54, 1.807) is 0 Å². The van der Waals surface area contributed by atoms with Gasteiger partial charge < -0.3 is 4.57 Å². The number of aromatic nitrogens is 2. The van der Waals surface area contributed by atoms with Gasteiger partial charge in [0.1, 0.15) is 5.82 Å². The van der Waals surface area contributed by atoms with Crippen molar-refractivity contribution < 1.29 is 0 Å². The Labute approximate surface area is 81.0 Å². The van der Waals surface area contributed by atoms with Crippen molar-refractivity contribution in [2.24, 2.45) is 0 Å². The number of hydrogen-bond acceptors (Lipinski definition) is 1. The molecular formula is C11H20N2. The van der Waals surface area contributed by atoms with Gasteiger partial charge in [0.25, 0.3) is 0 Å². The Kier molecular flexibility index (Phi) is 3.12. The van der Waals surface area contributed by atoms with Gasteiger partial charge in [0, 0.05) is 24.4 Å². The van der Waals surface area contributed by atoms with E-state index in [1.165, 1.54) is 18.7 Å². The van der Waals surface area contributed by atoms with Gasteiger partial charge in [-0.05, 0) is 27.2 Å². The molecule has 13 heavy (non-hydrogen) atoms. The van der Waals surface area contributed by atoms with Crippen LogP contribution in [-0.2, 0) is 12.0 Å². The number of nitrogens with zero attached hydrogens (tertiary/aromatic N) is 2. The maximum absolute atomic E-state index is 4.38. The quantitative estimate of drug-likeness (QED) is 0.699. The minimum atomic E-state index is 0.166. The molecule has 1 aromatic rings. The van der Waals surface area contributed by atoms with Crippen LogP contribution in [0.5, 0.6) is 0 Å². The molecule has 1 heterocycles. The van der Waals surface area contributed by atoms with Crippen molar-refractivity contribution in [1.82, 2.24) is 9.55 Å². The Morgan fingerprint density at radius 3 is 2.62 bits per heavy atom. The topological polar surface area (TPSA) is 17.8 Å². The molecular weight excluding hydrogens is 160 g/mol. The number of hydrogen-bond donors (Lipinski definition) is 0. The number of imidazole rings is 1. The van der Waals surface area contributed by atoms with E-state index < -0.39 is 0 Å². The van der Waals surface area contributed by atoms with Crippen LogP contribution >= 0.6 is 0 Å². The summed E-state index contributed by atoms with van der Waals surface area (Å²) < 4.78 is 2.27. The molecule has 1 rings (SSSR count). The molecule has 0 aliphatic heterocycles. The summed E-state index contributed by atoms with van der Waals surface area (Å²) in [5, 5.41) is 0. The van der Waals surface area contributed by atoms with Crippen molar-refractivity contribution in [3.8, 4) is 0 Å². The normalized spacial score (nSPS) is 12.0. The highest BCUT2D eigenvalue weighted by Crippen LogP contribution is 2.16. The Bertz CT molecular complexity index is 255. The minimum Gasteiger partial charge on any atom is -0.330 e. The highest BCUT2D eigenvalue weighted by atomic mass is 15.1. The molecule has 0 saturated carbocycles. The average molecular weight is 180 g/mol. The van der Waals surface area contributed by atoms with E-state index in [1.807, 2.05) is 6.20 Å². The van der Waals surface area contributed by atoms with Crippen molar-refractivity contribution in [3.05, 3.63) is 18.2 Å². The summed E-state index contributed by atoms with van der Waals surface area (Å²) in [7, 11) is 0. The SMILES string of the molecule is CCCCc1nccn1C(C)(C)C. The van der Waals surface area contributed by atoms with Gasteiger partial charge in [-0.15, -0.1) is 0 Å². The average Bonchev–Trinajstić information content (AvgIpc) is 2.47. The summed E-state index contributed by atoms with van der Waals surface area (Å²) in [6.07, 6.45) is 7.53. The fourth-order valence-corrected chi connectivity index (χ4v) is 1.46. The van der Waals surface area contributed by atoms with Crippen LogP contribution in [0.15, 0.2) is 12.4 Å². The zero-order valence-corrected chi connectivity index (χ0v) is 9.17. The minimum absolute atomic E-state index is 0.166. The molecule has 0 bridgehead atoms. The molecule has 0 N–H and O–H groups in total. The Balaban J connectivity index is 2.77. The van der Waals surface area contributed by atoms with E-state index in [-0.39, 0.29) is 5.54 Å². The van der Waals surface area contributed by atoms with Crippen LogP contribution in [0.4, 0.5) is 0 Å². The maximum atomic E-state index is 4.38. The van der Waals surface area contributed by atoms with Crippen molar-refractivity contribution in [2.45, 2.75) is 52.5 Å². The summed E-state index contributed by atoms with van der Waals surface area (Å²) in [6, 6.07) is 0. The molecule has 0 aromatic carbocycles.